The summed E-state index contributed by atoms with van der Waals surface area (Å²) in [5, 5.41) is 6.99. The average molecular weight is 210 g/mol. The van der Waals surface area contributed by atoms with E-state index in [1.807, 2.05) is 0 Å². The molecule has 3 unspecified atom stereocenters. The monoisotopic (exact) mass is 210 g/mol. The lowest BCUT2D eigenvalue weighted by molar-refractivity contribution is 0.318. The van der Waals surface area contributed by atoms with Crippen molar-refractivity contribution in [2.24, 2.45) is 17.8 Å². The van der Waals surface area contributed by atoms with Gasteiger partial charge in [-0.25, -0.2) is 0 Å². The second-order valence-electron chi connectivity index (χ2n) is 5.35. The summed E-state index contributed by atoms with van der Waals surface area (Å²) in [5.74, 6) is 3.20. The van der Waals surface area contributed by atoms with Crippen LogP contribution in [0.1, 0.15) is 39.0 Å². The van der Waals surface area contributed by atoms with E-state index >= 15 is 0 Å². The predicted octanol–water partition coefficient (Wildman–Crippen LogP) is 2.01. The molecule has 2 nitrogen and oxygen atoms in total. The topological polar surface area (TPSA) is 24.1 Å². The maximum absolute atomic E-state index is 3.63. The Morgan fingerprint density at radius 3 is 2.60 bits per heavy atom. The van der Waals surface area contributed by atoms with E-state index in [0.717, 1.165) is 24.3 Å². The van der Waals surface area contributed by atoms with Gasteiger partial charge in [-0.15, -0.1) is 0 Å². The van der Waals surface area contributed by atoms with Crippen LogP contribution in [0.3, 0.4) is 0 Å². The van der Waals surface area contributed by atoms with Crippen LogP contribution in [0.4, 0.5) is 0 Å². The smallest absolute Gasteiger partial charge is 0.00178 e. The van der Waals surface area contributed by atoms with Crippen molar-refractivity contribution in [2.75, 3.05) is 26.2 Å². The molecule has 0 aromatic carbocycles. The number of nitrogens with one attached hydrogen (secondary N) is 2. The summed E-state index contributed by atoms with van der Waals surface area (Å²) in [6.45, 7) is 6.92. The minimum atomic E-state index is 1.02. The Balaban J connectivity index is 1.48. The zero-order valence-electron chi connectivity index (χ0n) is 10.1. The molecule has 3 atom stereocenters. The summed E-state index contributed by atoms with van der Waals surface area (Å²) >= 11 is 0. The van der Waals surface area contributed by atoms with Crippen molar-refractivity contribution < 1.29 is 0 Å². The van der Waals surface area contributed by atoms with Gasteiger partial charge in [0.2, 0.25) is 0 Å². The van der Waals surface area contributed by atoms with E-state index in [-0.39, 0.29) is 0 Å². The maximum atomic E-state index is 3.63. The summed E-state index contributed by atoms with van der Waals surface area (Å²) in [4.78, 5) is 0. The Kier molecular flexibility index (Phi) is 4.45. The predicted molar refractivity (Wildman–Crippen MR) is 65.0 cm³/mol. The molecule has 2 saturated carbocycles. The summed E-state index contributed by atoms with van der Waals surface area (Å²) in [6, 6.07) is 0. The lowest BCUT2D eigenvalue weighted by Crippen LogP contribution is -2.28. The molecule has 2 bridgehead atoms. The highest BCUT2D eigenvalue weighted by molar-refractivity contribution is 4.90. The van der Waals surface area contributed by atoms with Crippen LogP contribution in [0.2, 0.25) is 0 Å². The molecular weight excluding hydrogens is 184 g/mol. The first-order valence-corrected chi connectivity index (χ1v) is 6.81. The molecule has 0 aromatic heterocycles. The zero-order valence-corrected chi connectivity index (χ0v) is 10.1. The van der Waals surface area contributed by atoms with E-state index < -0.39 is 0 Å². The third-order valence-corrected chi connectivity index (χ3v) is 4.25. The van der Waals surface area contributed by atoms with Gasteiger partial charge in [-0.3, -0.25) is 0 Å². The second-order valence-corrected chi connectivity index (χ2v) is 5.35. The molecule has 2 rings (SSSR count). The van der Waals surface area contributed by atoms with Crippen molar-refractivity contribution >= 4 is 0 Å². The van der Waals surface area contributed by atoms with Gasteiger partial charge in [-0.1, -0.05) is 13.3 Å². The fourth-order valence-electron chi connectivity index (χ4n) is 3.43. The molecular formula is C13H26N2. The minimum absolute atomic E-state index is 1.02. The summed E-state index contributed by atoms with van der Waals surface area (Å²) in [5.41, 5.74) is 0. The molecule has 2 N–H and O–H groups in total. The molecule has 2 fully saturated rings. The number of hydrogen-bond acceptors (Lipinski definition) is 2. The molecule has 0 heterocycles. The Morgan fingerprint density at radius 2 is 1.93 bits per heavy atom. The van der Waals surface area contributed by atoms with E-state index in [4.69, 9.17) is 0 Å². The van der Waals surface area contributed by atoms with E-state index in [0.29, 0.717) is 0 Å². The van der Waals surface area contributed by atoms with Gasteiger partial charge in [-0.05, 0) is 69.6 Å². The Hall–Kier alpha value is -0.0800. The highest BCUT2D eigenvalue weighted by atomic mass is 14.9. The van der Waals surface area contributed by atoms with Gasteiger partial charge in [0.25, 0.3) is 0 Å². The molecule has 2 aliphatic carbocycles. The van der Waals surface area contributed by atoms with Crippen LogP contribution in [-0.4, -0.2) is 26.2 Å². The normalized spacial score (nSPS) is 33.8. The molecule has 0 saturated heterocycles. The molecule has 0 radical (unpaired) electrons. The molecule has 0 amide bonds. The summed E-state index contributed by atoms with van der Waals surface area (Å²) in [7, 11) is 0. The molecule has 0 aromatic rings. The fraction of sp³-hybridized carbons (Fsp3) is 1.00. The fourth-order valence-corrected chi connectivity index (χ4v) is 3.43. The number of rotatable bonds is 7. The molecule has 15 heavy (non-hydrogen) atoms. The van der Waals surface area contributed by atoms with Crippen LogP contribution in [0.15, 0.2) is 0 Å². The van der Waals surface area contributed by atoms with Gasteiger partial charge in [0.1, 0.15) is 0 Å². The van der Waals surface area contributed by atoms with Crippen LogP contribution in [-0.2, 0) is 0 Å². The van der Waals surface area contributed by atoms with Gasteiger partial charge in [0, 0.05) is 0 Å². The molecule has 88 valence electrons. The van der Waals surface area contributed by atoms with Crippen LogP contribution in [0.25, 0.3) is 0 Å². The lowest BCUT2D eigenvalue weighted by Gasteiger charge is -2.21. The lowest BCUT2D eigenvalue weighted by atomic mass is 9.89. The summed E-state index contributed by atoms with van der Waals surface area (Å²) in [6.07, 6.45) is 7.39. The highest BCUT2D eigenvalue weighted by Crippen LogP contribution is 2.47. The van der Waals surface area contributed by atoms with Crippen molar-refractivity contribution in [1.82, 2.24) is 10.6 Å². The van der Waals surface area contributed by atoms with Crippen LogP contribution >= 0.6 is 0 Å². The Morgan fingerprint density at radius 1 is 1.07 bits per heavy atom. The van der Waals surface area contributed by atoms with Gasteiger partial charge >= 0.3 is 0 Å². The van der Waals surface area contributed by atoms with Gasteiger partial charge in [-0.2, -0.15) is 0 Å². The first-order chi connectivity index (χ1) is 7.40. The van der Waals surface area contributed by atoms with Crippen molar-refractivity contribution in [1.29, 1.82) is 0 Å². The zero-order chi connectivity index (χ0) is 10.5. The Bertz CT molecular complexity index is 181. The summed E-state index contributed by atoms with van der Waals surface area (Å²) < 4.78 is 0. The van der Waals surface area contributed by atoms with E-state index in [1.54, 1.807) is 6.42 Å². The second kappa shape index (κ2) is 5.86. The van der Waals surface area contributed by atoms with Gasteiger partial charge in [0.15, 0.2) is 0 Å². The van der Waals surface area contributed by atoms with E-state index in [2.05, 4.69) is 17.6 Å². The molecule has 0 spiro atoms. The molecule has 2 heteroatoms. The van der Waals surface area contributed by atoms with Crippen molar-refractivity contribution in [3.8, 4) is 0 Å². The van der Waals surface area contributed by atoms with Gasteiger partial charge < -0.3 is 10.6 Å². The van der Waals surface area contributed by atoms with Crippen LogP contribution < -0.4 is 10.6 Å². The van der Waals surface area contributed by atoms with Crippen LogP contribution in [0, 0.1) is 17.8 Å². The third-order valence-electron chi connectivity index (χ3n) is 4.25. The minimum Gasteiger partial charge on any atom is -0.317 e. The maximum Gasteiger partial charge on any atom is -0.00178 e. The first kappa shape index (κ1) is 11.4. The van der Waals surface area contributed by atoms with Gasteiger partial charge in [0.05, 0.1) is 0 Å². The SMILES string of the molecule is CCNCCCNCC1CC2CCC1C2. The van der Waals surface area contributed by atoms with Crippen molar-refractivity contribution in [2.45, 2.75) is 39.0 Å². The third kappa shape index (κ3) is 3.18. The van der Waals surface area contributed by atoms with E-state index in [9.17, 15) is 0 Å². The number of fused-ring (bicyclic) bond motifs is 2. The average Bonchev–Trinajstić information content (AvgIpc) is 2.85. The van der Waals surface area contributed by atoms with E-state index in [1.165, 1.54) is 45.3 Å². The highest BCUT2D eigenvalue weighted by Gasteiger charge is 2.38. The van der Waals surface area contributed by atoms with Crippen molar-refractivity contribution in [3.63, 3.8) is 0 Å². The number of hydrogen-bond donors (Lipinski definition) is 2. The standard InChI is InChI=1S/C13H26N2/c1-2-14-6-3-7-15-10-13-9-11-4-5-12(13)8-11/h11-15H,2-10H2,1H3. The first-order valence-electron chi connectivity index (χ1n) is 6.81. The molecule has 0 aliphatic heterocycles. The van der Waals surface area contributed by atoms with Crippen LogP contribution in [0.5, 0.6) is 0 Å². The molecule has 2 aliphatic rings. The quantitative estimate of drug-likeness (QED) is 0.628. The van der Waals surface area contributed by atoms with Crippen molar-refractivity contribution in [3.05, 3.63) is 0 Å². The largest absolute Gasteiger partial charge is 0.317 e. The Labute approximate surface area is 94.2 Å².